The summed E-state index contributed by atoms with van der Waals surface area (Å²) in [6, 6.07) is 8.12. The number of para-hydroxylation sites is 1. The Labute approximate surface area is 144 Å². The van der Waals surface area contributed by atoms with E-state index in [0.29, 0.717) is 12.8 Å². The Morgan fingerprint density at radius 2 is 1.72 bits per heavy atom. The average molecular weight is 378 g/mol. The minimum Gasteiger partial charge on any atom is -0.466 e. The largest absolute Gasteiger partial charge is 0.466 e. The van der Waals surface area contributed by atoms with Crippen LogP contribution in [0.5, 0.6) is 0 Å². The van der Waals surface area contributed by atoms with Crippen LogP contribution in [0.3, 0.4) is 0 Å². The molecule has 25 heavy (non-hydrogen) atoms. The minimum atomic E-state index is -5.56. The number of hydrogen-bond acceptors (Lipinski definition) is 4. The van der Waals surface area contributed by atoms with Crippen molar-refractivity contribution in [1.29, 1.82) is 0 Å². The summed E-state index contributed by atoms with van der Waals surface area (Å²) in [5.41, 5.74) is -0.403. The summed E-state index contributed by atoms with van der Waals surface area (Å²) in [6.07, 6.45) is -5.56. The summed E-state index contributed by atoms with van der Waals surface area (Å²) in [5, 5.41) is -4.39. The molecule has 2 rings (SSSR count). The Bertz CT molecular complexity index is 845. The van der Waals surface area contributed by atoms with Crippen LogP contribution >= 0.6 is 11.8 Å². The second kappa shape index (κ2) is 6.58. The Kier molecular flexibility index (Phi) is 5.03. The number of nitrogens with zero attached hydrogens (tertiary/aromatic N) is 2. The van der Waals surface area contributed by atoms with Crippen LogP contribution in [0.4, 0.5) is 17.6 Å². The maximum absolute atomic E-state index is 14.5. The van der Waals surface area contributed by atoms with Gasteiger partial charge in [-0.15, -0.1) is 0 Å². The van der Waals surface area contributed by atoms with Gasteiger partial charge in [0, 0.05) is 7.05 Å². The molecule has 0 aliphatic heterocycles. The van der Waals surface area contributed by atoms with Gasteiger partial charge in [-0.2, -0.15) is 13.2 Å². The number of aromatic nitrogens is 2. The maximum atomic E-state index is 14.5. The third-order valence-electron chi connectivity index (χ3n) is 3.56. The molecule has 0 bridgehead atoms. The molecule has 0 radical (unpaired) electrons. The highest BCUT2D eigenvalue weighted by atomic mass is 32.2. The number of benzene rings is 1. The molecule has 0 unspecified atom stereocenters. The summed E-state index contributed by atoms with van der Waals surface area (Å²) in [7, 11) is 2.09. The fourth-order valence-corrected chi connectivity index (χ4v) is 3.17. The topological polar surface area (TPSA) is 53.2 Å². The normalized spacial score (nSPS) is 14.2. The number of methoxy groups -OCH3 is 1. The van der Waals surface area contributed by atoms with Gasteiger partial charge in [-0.3, -0.25) is 9.48 Å². The van der Waals surface area contributed by atoms with Crippen LogP contribution in [0, 0.1) is 6.92 Å². The van der Waals surface area contributed by atoms with Gasteiger partial charge < -0.3 is 4.74 Å². The summed E-state index contributed by atoms with van der Waals surface area (Å²) in [5.74, 6) is -2.13. The molecular formula is C15H14F4N2O3S. The van der Waals surface area contributed by atoms with E-state index in [0.717, 1.165) is 4.68 Å². The lowest BCUT2D eigenvalue weighted by atomic mass is 10.3. The molecular weight excluding hydrogens is 364 g/mol. The number of esters is 1. The van der Waals surface area contributed by atoms with Crippen molar-refractivity contribution in [2.24, 2.45) is 7.05 Å². The second-order valence-corrected chi connectivity index (χ2v) is 6.25. The highest BCUT2D eigenvalue weighted by Crippen LogP contribution is 2.47. The van der Waals surface area contributed by atoms with E-state index in [2.05, 4.69) is 4.74 Å². The van der Waals surface area contributed by atoms with Gasteiger partial charge in [0.05, 0.1) is 23.4 Å². The number of ether oxygens (including phenoxy) is 1. The van der Waals surface area contributed by atoms with Crippen molar-refractivity contribution < 1.29 is 27.1 Å². The van der Waals surface area contributed by atoms with Crippen LogP contribution in [0.25, 0.3) is 5.69 Å². The van der Waals surface area contributed by atoms with Crippen LogP contribution in [-0.4, -0.2) is 33.6 Å². The number of halogens is 4. The number of rotatable bonds is 4. The lowest BCUT2D eigenvalue weighted by Gasteiger charge is -2.23. The molecule has 1 heterocycles. The molecule has 0 fully saturated rings. The van der Waals surface area contributed by atoms with Gasteiger partial charge in [-0.1, -0.05) is 30.0 Å². The molecule has 1 aromatic heterocycles. The van der Waals surface area contributed by atoms with Gasteiger partial charge in [-0.05, 0) is 19.1 Å². The number of thioether (sulfide) groups is 1. The fourth-order valence-electron chi connectivity index (χ4n) is 2.15. The molecule has 0 saturated carbocycles. The predicted molar refractivity (Wildman–Crippen MR) is 83.5 cm³/mol. The Hall–Kier alpha value is -2.23. The van der Waals surface area contributed by atoms with Crippen molar-refractivity contribution in [2.45, 2.75) is 23.0 Å². The Morgan fingerprint density at radius 3 is 2.20 bits per heavy atom. The van der Waals surface area contributed by atoms with Gasteiger partial charge >= 0.3 is 17.1 Å². The van der Waals surface area contributed by atoms with E-state index in [1.165, 1.54) is 18.7 Å². The van der Waals surface area contributed by atoms with E-state index in [-0.39, 0.29) is 5.69 Å². The Morgan fingerprint density at radius 1 is 1.16 bits per heavy atom. The lowest BCUT2D eigenvalue weighted by Crippen LogP contribution is -2.46. The second-order valence-electron chi connectivity index (χ2n) is 5.08. The molecule has 2 aromatic rings. The Balaban J connectivity index is 2.62. The van der Waals surface area contributed by atoms with Crippen molar-refractivity contribution in [3.63, 3.8) is 0 Å². The molecule has 0 aliphatic rings. The molecule has 136 valence electrons. The number of carbonyl (C=O) groups excluding carboxylic acids is 1. The first-order valence-electron chi connectivity index (χ1n) is 6.91. The zero-order valence-corrected chi connectivity index (χ0v) is 14.2. The van der Waals surface area contributed by atoms with Crippen molar-refractivity contribution in [3.05, 3.63) is 46.4 Å². The van der Waals surface area contributed by atoms with Crippen molar-refractivity contribution in [3.8, 4) is 5.69 Å². The molecule has 5 nitrogen and oxygen atoms in total. The van der Waals surface area contributed by atoms with Crippen LogP contribution in [0.2, 0.25) is 0 Å². The maximum Gasteiger partial charge on any atom is 0.443 e. The van der Waals surface area contributed by atoms with Gasteiger partial charge in [0.15, 0.2) is 0 Å². The van der Waals surface area contributed by atoms with Crippen LogP contribution in [-0.2, 0) is 16.6 Å². The summed E-state index contributed by atoms with van der Waals surface area (Å²) >= 11 is -0.507. The van der Waals surface area contributed by atoms with Crippen molar-refractivity contribution in [2.75, 3.05) is 7.11 Å². The molecule has 0 saturated heterocycles. The molecule has 0 spiro atoms. The van der Waals surface area contributed by atoms with E-state index in [1.807, 2.05) is 0 Å². The first kappa shape index (κ1) is 19.1. The van der Waals surface area contributed by atoms with Gasteiger partial charge in [0.2, 0.25) is 0 Å². The van der Waals surface area contributed by atoms with Crippen molar-refractivity contribution >= 4 is 17.7 Å². The number of hydrogen-bond donors (Lipinski definition) is 0. The van der Waals surface area contributed by atoms with E-state index >= 15 is 0 Å². The third kappa shape index (κ3) is 3.17. The third-order valence-corrected chi connectivity index (χ3v) is 4.91. The predicted octanol–water partition coefficient (Wildman–Crippen LogP) is 2.98. The molecule has 1 aromatic carbocycles. The first-order chi connectivity index (χ1) is 11.5. The van der Waals surface area contributed by atoms with E-state index in [4.69, 9.17) is 0 Å². The van der Waals surface area contributed by atoms with Gasteiger partial charge in [0.25, 0.3) is 5.56 Å². The molecule has 1 atom stereocenters. The van der Waals surface area contributed by atoms with E-state index in [9.17, 15) is 27.2 Å². The first-order valence-corrected chi connectivity index (χ1v) is 7.73. The SMILES string of the molecule is COC(=O)[C@@](F)(Sc1c(C)n(C)n(-c2ccccc2)c1=O)C(F)(F)F. The van der Waals surface area contributed by atoms with E-state index < -0.39 is 39.4 Å². The minimum absolute atomic E-state index is 0.0778. The summed E-state index contributed by atoms with van der Waals surface area (Å²) < 4.78 is 60.1. The zero-order valence-electron chi connectivity index (χ0n) is 13.4. The number of carbonyl (C=O) groups is 1. The molecule has 0 aliphatic carbocycles. The van der Waals surface area contributed by atoms with Crippen LogP contribution in [0.15, 0.2) is 40.0 Å². The van der Waals surface area contributed by atoms with E-state index in [1.54, 1.807) is 30.3 Å². The van der Waals surface area contributed by atoms with Gasteiger partial charge in [-0.25, -0.2) is 13.9 Å². The number of alkyl halides is 4. The fraction of sp³-hybridized carbons (Fsp3) is 0.333. The van der Waals surface area contributed by atoms with Crippen LogP contribution in [0.1, 0.15) is 5.69 Å². The highest BCUT2D eigenvalue weighted by molar-refractivity contribution is 8.01. The smallest absolute Gasteiger partial charge is 0.443 e. The highest BCUT2D eigenvalue weighted by Gasteiger charge is 2.64. The quantitative estimate of drug-likeness (QED) is 0.466. The summed E-state index contributed by atoms with van der Waals surface area (Å²) in [4.78, 5) is 23.4. The monoisotopic (exact) mass is 378 g/mol. The standard InChI is InChI=1S/C15H14F4N2O3S/c1-9-11(25-14(16,13(23)24-3)15(17,18)19)12(22)21(20(9)2)10-7-5-4-6-8-10/h4-8H,1-3H3/t14-/m1/s1. The molecule has 0 amide bonds. The lowest BCUT2D eigenvalue weighted by molar-refractivity contribution is -0.210. The van der Waals surface area contributed by atoms with Crippen LogP contribution < -0.4 is 5.56 Å². The summed E-state index contributed by atoms with van der Waals surface area (Å²) in [6.45, 7) is 1.36. The van der Waals surface area contributed by atoms with Crippen molar-refractivity contribution in [1.82, 2.24) is 9.36 Å². The average Bonchev–Trinajstić information content (AvgIpc) is 2.77. The van der Waals surface area contributed by atoms with Gasteiger partial charge in [0.1, 0.15) is 0 Å². The zero-order chi connectivity index (χ0) is 19.0. The molecule has 0 N–H and O–H groups in total. The molecule has 10 heteroatoms.